The molecule has 2 rings (SSSR count). The quantitative estimate of drug-likeness (QED) is 0.338. The van der Waals surface area contributed by atoms with Crippen LogP contribution in [0.4, 0.5) is 0 Å². The molecule has 0 fully saturated rings. The smallest absolute Gasteiger partial charge is 0.134 e. The van der Waals surface area contributed by atoms with E-state index < -0.39 is 0 Å². The van der Waals surface area contributed by atoms with E-state index in [1.165, 1.54) is 12.8 Å². The lowest BCUT2D eigenvalue weighted by atomic mass is 10.0. The summed E-state index contributed by atoms with van der Waals surface area (Å²) in [5.41, 5.74) is 2.95. The molecule has 0 radical (unpaired) electrons. The Balaban J connectivity index is 2.25. The molecule has 0 aliphatic heterocycles. The highest BCUT2D eigenvalue weighted by Gasteiger charge is 2.07. The largest absolute Gasteiger partial charge is 0.823 e. The van der Waals surface area contributed by atoms with Gasteiger partial charge in [0.2, 0.25) is 0 Å². The fourth-order valence-corrected chi connectivity index (χ4v) is 4.26. The second-order valence-electron chi connectivity index (χ2n) is 7.42. The van der Waals surface area contributed by atoms with Crippen LogP contribution in [0.2, 0.25) is 0 Å². The molecular formula is C25H34O3P-. The molecule has 3 nitrogen and oxygen atoms in total. The molecule has 0 bridgehead atoms. The minimum Gasteiger partial charge on any atom is -0.823 e. The van der Waals surface area contributed by atoms with Gasteiger partial charge in [0.1, 0.15) is 11.5 Å². The number of ether oxygens (including phenoxy) is 2. The van der Waals surface area contributed by atoms with Gasteiger partial charge in [0.25, 0.3) is 0 Å². The highest BCUT2D eigenvalue weighted by molar-refractivity contribution is 7.49. The third kappa shape index (κ3) is 7.49. The standard InChI is InChI=1S/C25H35O3P/c1-5-7-9-16-27-21-14-15-23(22(18-21)28-17-10-8-6-2)29-25(26)24-19(3)12-11-13-20(24)4/h11-15,18,26H,5-10,16-17H2,1-4H3/p-1. The number of unbranched alkanes of at least 4 members (excludes halogenated alkanes) is 4. The summed E-state index contributed by atoms with van der Waals surface area (Å²) in [6, 6.07) is 11.8. The van der Waals surface area contributed by atoms with Crippen molar-refractivity contribution in [1.29, 1.82) is 0 Å². The zero-order valence-corrected chi connectivity index (χ0v) is 19.2. The maximum absolute atomic E-state index is 13.0. The van der Waals surface area contributed by atoms with Gasteiger partial charge in [-0.2, -0.15) is 0 Å². The Morgan fingerprint density at radius 1 is 0.862 bits per heavy atom. The van der Waals surface area contributed by atoms with E-state index in [9.17, 15) is 5.11 Å². The van der Waals surface area contributed by atoms with Gasteiger partial charge in [-0.25, -0.2) is 0 Å². The number of hydrogen-bond donors (Lipinski definition) is 0. The molecule has 0 N–H and O–H groups in total. The Labute approximate surface area is 177 Å². The molecule has 158 valence electrons. The second-order valence-corrected chi connectivity index (χ2v) is 8.54. The Morgan fingerprint density at radius 2 is 1.48 bits per heavy atom. The fraction of sp³-hybridized carbons (Fsp3) is 0.480. The van der Waals surface area contributed by atoms with Crippen molar-refractivity contribution >= 4 is 19.0 Å². The van der Waals surface area contributed by atoms with Gasteiger partial charge >= 0.3 is 0 Å². The lowest BCUT2D eigenvalue weighted by molar-refractivity contribution is -0.207. The minimum atomic E-state index is 0.107. The zero-order valence-electron chi connectivity index (χ0n) is 18.3. The van der Waals surface area contributed by atoms with Crippen LogP contribution < -0.4 is 19.9 Å². The summed E-state index contributed by atoms with van der Waals surface area (Å²) in [5.74, 6) is 1.57. The summed E-state index contributed by atoms with van der Waals surface area (Å²) in [5, 5.41) is 13.9. The predicted molar refractivity (Wildman–Crippen MR) is 123 cm³/mol. The molecule has 2 aromatic rings. The van der Waals surface area contributed by atoms with E-state index in [1.807, 2.05) is 50.2 Å². The molecule has 4 heteroatoms. The Hall–Kier alpha value is -1.83. The van der Waals surface area contributed by atoms with E-state index in [1.54, 1.807) is 0 Å². The van der Waals surface area contributed by atoms with Crippen LogP contribution in [0, 0.1) is 13.8 Å². The van der Waals surface area contributed by atoms with Crippen molar-refractivity contribution in [1.82, 2.24) is 0 Å². The van der Waals surface area contributed by atoms with Crippen molar-refractivity contribution in [3.63, 3.8) is 0 Å². The van der Waals surface area contributed by atoms with Crippen molar-refractivity contribution in [3.05, 3.63) is 53.1 Å². The Bertz CT molecular complexity index is 778. The van der Waals surface area contributed by atoms with E-state index in [4.69, 9.17) is 9.47 Å². The molecule has 0 unspecified atom stereocenters. The molecule has 29 heavy (non-hydrogen) atoms. The van der Waals surface area contributed by atoms with Gasteiger partial charge in [0.15, 0.2) is 0 Å². The van der Waals surface area contributed by atoms with Crippen LogP contribution in [0.5, 0.6) is 11.5 Å². The fourth-order valence-electron chi connectivity index (χ4n) is 3.19. The summed E-state index contributed by atoms with van der Waals surface area (Å²) in [6.45, 7) is 9.71. The van der Waals surface area contributed by atoms with Crippen LogP contribution >= 0.6 is 8.20 Å². The molecule has 0 aromatic heterocycles. The Morgan fingerprint density at radius 3 is 2.10 bits per heavy atom. The maximum Gasteiger partial charge on any atom is 0.134 e. The second kappa shape index (κ2) is 12.7. The van der Waals surface area contributed by atoms with Gasteiger partial charge in [-0.05, 0) is 55.5 Å². The Kier molecular flexibility index (Phi) is 10.2. The van der Waals surface area contributed by atoms with E-state index in [0.717, 1.165) is 59.2 Å². The van der Waals surface area contributed by atoms with Crippen molar-refractivity contribution in [2.45, 2.75) is 66.2 Å². The summed E-state index contributed by atoms with van der Waals surface area (Å²) in [6.07, 6.45) is 6.70. The average Bonchev–Trinajstić information content (AvgIpc) is 2.70. The third-order valence-electron chi connectivity index (χ3n) is 4.87. The topological polar surface area (TPSA) is 41.5 Å². The van der Waals surface area contributed by atoms with Crippen LogP contribution in [0.3, 0.4) is 0 Å². The first-order valence-corrected chi connectivity index (χ1v) is 11.7. The highest BCUT2D eigenvalue weighted by Crippen LogP contribution is 2.24. The summed E-state index contributed by atoms with van der Waals surface area (Å²) < 4.78 is 12.0. The van der Waals surface area contributed by atoms with Gasteiger partial charge in [-0.3, -0.25) is 0 Å². The van der Waals surface area contributed by atoms with E-state index in [2.05, 4.69) is 13.8 Å². The molecule has 0 amide bonds. The lowest BCUT2D eigenvalue weighted by Crippen LogP contribution is -2.20. The zero-order chi connectivity index (χ0) is 21.1. The van der Waals surface area contributed by atoms with Crippen molar-refractivity contribution in [3.8, 4) is 11.5 Å². The predicted octanol–water partition coefficient (Wildman–Crippen LogP) is 5.55. The van der Waals surface area contributed by atoms with Crippen molar-refractivity contribution in [2.75, 3.05) is 13.2 Å². The highest BCUT2D eigenvalue weighted by atomic mass is 31.1. The molecule has 0 aliphatic rings. The van der Waals surface area contributed by atoms with Gasteiger partial charge in [0, 0.05) is 11.4 Å². The van der Waals surface area contributed by atoms with Gasteiger partial charge in [-0.15, -0.1) is 5.48 Å². The molecule has 2 aromatic carbocycles. The maximum atomic E-state index is 13.0. The van der Waals surface area contributed by atoms with Gasteiger partial charge in [0.05, 0.1) is 13.2 Å². The normalized spacial score (nSPS) is 11.6. The molecule has 0 aliphatic carbocycles. The average molecular weight is 414 g/mol. The molecule has 0 atom stereocenters. The van der Waals surface area contributed by atoms with E-state index in [-0.39, 0.29) is 5.48 Å². The number of hydrogen-bond acceptors (Lipinski definition) is 3. The first-order valence-electron chi connectivity index (χ1n) is 10.8. The SMILES string of the molecule is CCCCCOc1ccc(P=C([O-])c2c(C)cccc2C)c(OCCCCC)c1. The van der Waals surface area contributed by atoms with E-state index >= 15 is 0 Å². The van der Waals surface area contributed by atoms with Crippen LogP contribution in [0.15, 0.2) is 36.4 Å². The summed E-state index contributed by atoms with van der Waals surface area (Å²) in [7, 11) is 0.638. The molecular weight excluding hydrogens is 379 g/mol. The lowest BCUT2D eigenvalue weighted by Gasteiger charge is -2.19. The third-order valence-corrected chi connectivity index (χ3v) is 5.91. The summed E-state index contributed by atoms with van der Waals surface area (Å²) in [4.78, 5) is 0. The molecule has 0 saturated heterocycles. The molecule has 0 spiro atoms. The molecule has 0 saturated carbocycles. The number of benzene rings is 2. The summed E-state index contributed by atoms with van der Waals surface area (Å²) >= 11 is 0. The van der Waals surface area contributed by atoms with Crippen molar-refractivity contribution < 1.29 is 14.6 Å². The van der Waals surface area contributed by atoms with Crippen LogP contribution in [-0.4, -0.2) is 18.7 Å². The number of aryl methyl sites for hydroxylation is 2. The monoisotopic (exact) mass is 413 g/mol. The minimum absolute atomic E-state index is 0.107. The first kappa shape index (κ1) is 23.4. The van der Waals surface area contributed by atoms with Crippen LogP contribution in [-0.2, 0) is 0 Å². The molecule has 0 heterocycles. The van der Waals surface area contributed by atoms with Gasteiger partial charge in [-0.1, -0.05) is 65.9 Å². The number of rotatable bonds is 12. The van der Waals surface area contributed by atoms with Crippen LogP contribution in [0.25, 0.3) is 0 Å². The van der Waals surface area contributed by atoms with Crippen LogP contribution in [0.1, 0.15) is 69.1 Å². The van der Waals surface area contributed by atoms with Gasteiger partial charge < -0.3 is 14.6 Å². The first-order chi connectivity index (χ1) is 14.1. The van der Waals surface area contributed by atoms with E-state index in [0.29, 0.717) is 21.4 Å². The van der Waals surface area contributed by atoms with Crippen molar-refractivity contribution in [2.24, 2.45) is 0 Å².